The van der Waals surface area contributed by atoms with Gasteiger partial charge in [0.05, 0.1) is 0 Å². The highest BCUT2D eigenvalue weighted by molar-refractivity contribution is 8.05. The van der Waals surface area contributed by atoms with E-state index in [0.29, 0.717) is 12.1 Å². The van der Waals surface area contributed by atoms with Crippen molar-refractivity contribution in [2.24, 2.45) is 0 Å². The van der Waals surface area contributed by atoms with Gasteiger partial charge in [0, 0.05) is 6.07 Å². The third kappa shape index (κ3) is 4.10. The van der Waals surface area contributed by atoms with E-state index in [9.17, 15) is 65.5 Å². The summed E-state index contributed by atoms with van der Waals surface area (Å²) >= 11 is 0. The summed E-state index contributed by atoms with van der Waals surface area (Å²) in [5, 5.41) is 3.51. The number of halogens is 8. The van der Waals surface area contributed by atoms with Gasteiger partial charge < -0.3 is 10.2 Å². The van der Waals surface area contributed by atoms with Gasteiger partial charge in [-0.3, -0.25) is 4.55 Å². The lowest BCUT2D eigenvalue weighted by atomic mass is 10.2. The van der Waals surface area contributed by atoms with E-state index in [1.54, 1.807) is 0 Å². The summed E-state index contributed by atoms with van der Waals surface area (Å²) in [6.45, 7) is 0. The van der Waals surface area contributed by atoms with Gasteiger partial charge in [-0.15, -0.1) is 0 Å². The number of sulfonamides is 2. The summed E-state index contributed by atoms with van der Waals surface area (Å²) in [6.07, 6.45) is 0. The van der Waals surface area contributed by atoms with Crippen LogP contribution in [-0.2, 0) is 30.2 Å². The Morgan fingerprint density at radius 2 is 1.16 bits per heavy atom. The normalized spacial score (nSPS) is 15.1. The van der Waals surface area contributed by atoms with E-state index in [0.717, 1.165) is 0 Å². The van der Waals surface area contributed by atoms with Crippen molar-refractivity contribution < 1.29 is 75.1 Å². The maximum Gasteiger partial charge on any atom is 0.438 e. The van der Waals surface area contributed by atoms with Crippen LogP contribution in [-0.4, -0.2) is 62.4 Å². The minimum atomic E-state index is -7.86. The first kappa shape index (κ1) is 27.1. The molecule has 0 spiro atoms. The molecule has 0 aromatic heterocycles. The molecule has 0 bridgehead atoms. The number of phenolic OH excluding ortho intramolecular Hbond substituents is 2. The van der Waals surface area contributed by atoms with Gasteiger partial charge in [0.2, 0.25) is 0 Å². The molecule has 0 radical (unpaired) electrons. The highest BCUT2D eigenvalue weighted by Gasteiger charge is 2.87. The number of benzene rings is 1. The third-order valence-corrected chi connectivity index (χ3v) is 7.74. The van der Waals surface area contributed by atoms with Gasteiger partial charge in [-0.05, 0) is 12.1 Å². The summed E-state index contributed by atoms with van der Waals surface area (Å²) in [5.41, 5.74) is 0. The Balaban J connectivity index is 3.62. The first-order valence-electron chi connectivity index (χ1n) is 6.65. The van der Waals surface area contributed by atoms with Crippen LogP contribution in [0, 0.1) is 0 Å². The Hall–Kier alpha value is -1.97. The Morgan fingerprint density at radius 3 is 1.58 bits per heavy atom. The second-order valence-electron chi connectivity index (χ2n) is 5.40. The van der Waals surface area contributed by atoms with Crippen molar-refractivity contribution in [2.45, 2.75) is 27.2 Å². The van der Waals surface area contributed by atoms with Crippen LogP contribution in [0.2, 0.25) is 0 Å². The molecule has 0 saturated carbocycles. The van der Waals surface area contributed by atoms with Gasteiger partial charge in [-0.25, -0.2) is 16.8 Å². The SMILES string of the molecule is O=S(=O)(NS(=O)(=O)C(F)(F)C(F)(F)C(F)(F)C(F)(F)S(=O)(=O)O)c1cc(O)ccc1O. The molecule has 1 rings (SSSR count). The largest absolute Gasteiger partial charge is 0.508 e. The third-order valence-electron chi connectivity index (χ3n) is 3.24. The minimum absolute atomic E-state index is 0.00936. The number of hydrogen-bond donors (Lipinski definition) is 4. The molecule has 0 aliphatic rings. The molecular weight excluding hydrogens is 526 g/mol. The lowest BCUT2D eigenvalue weighted by molar-refractivity contribution is -0.326. The number of rotatable bonds is 8. The molecule has 0 amide bonds. The predicted octanol–water partition coefficient (Wildman–Crippen LogP) is 1.05. The van der Waals surface area contributed by atoms with E-state index in [1.807, 2.05) is 0 Å². The van der Waals surface area contributed by atoms with Crippen LogP contribution in [0.25, 0.3) is 0 Å². The van der Waals surface area contributed by atoms with Gasteiger partial charge in [0.25, 0.3) is 20.0 Å². The highest BCUT2D eigenvalue weighted by atomic mass is 32.3. The zero-order valence-corrected chi connectivity index (χ0v) is 16.2. The van der Waals surface area contributed by atoms with E-state index in [-0.39, 0.29) is 10.2 Å². The molecule has 0 unspecified atom stereocenters. The molecule has 180 valence electrons. The van der Waals surface area contributed by atoms with Crippen LogP contribution in [0.4, 0.5) is 35.1 Å². The van der Waals surface area contributed by atoms with Crippen molar-refractivity contribution in [1.82, 2.24) is 4.13 Å². The summed E-state index contributed by atoms with van der Waals surface area (Å²) in [6, 6.07) is 0.901. The van der Waals surface area contributed by atoms with Crippen molar-refractivity contribution in [1.29, 1.82) is 0 Å². The van der Waals surface area contributed by atoms with Gasteiger partial charge in [0.15, 0.2) is 0 Å². The maximum atomic E-state index is 13.8. The number of nitrogens with one attached hydrogen (secondary N) is 1. The van der Waals surface area contributed by atoms with E-state index >= 15 is 0 Å². The molecule has 1 aromatic rings. The smallest absolute Gasteiger partial charge is 0.438 e. The quantitative estimate of drug-likeness (QED) is 0.216. The highest BCUT2D eigenvalue weighted by Crippen LogP contribution is 2.55. The number of alkyl halides is 8. The van der Waals surface area contributed by atoms with Crippen molar-refractivity contribution in [3.8, 4) is 11.5 Å². The Kier molecular flexibility index (Phi) is 6.36. The molecule has 0 saturated heterocycles. The number of hydrogen-bond acceptors (Lipinski definition) is 8. The molecule has 0 heterocycles. The molecule has 31 heavy (non-hydrogen) atoms. The Labute approximate surface area is 167 Å². The van der Waals surface area contributed by atoms with Gasteiger partial charge >= 0.3 is 32.5 Å². The first-order valence-corrected chi connectivity index (χ1v) is 11.1. The lowest BCUT2D eigenvalue weighted by Crippen LogP contribution is -2.67. The molecule has 1 aromatic carbocycles. The van der Waals surface area contributed by atoms with Gasteiger partial charge in [-0.1, -0.05) is 4.13 Å². The summed E-state index contributed by atoms with van der Waals surface area (Å²) in [7, 11) is -21.3. The van der Waals surface area contributed by atoms with Crippen molar-refractivity contribution >= 4 is 30.2 Å². The second-order valence-corrected chi connectivity index (χ2v) is 10.5. The van der Waals surface area contributed by atoms with Crippen LogP contribution in [0.15, 0.2) is 23.1 Å². The molecule has 0 aliphatic carbocycles. The first-order chi connectivity index (χ1) is 13.4. The molecule has 21 heteroatoms. The Morgan fingerprint density at radius 1 is 0.742 bits per heavy atom. The maximum absolute atomic E-state index is 13.8. The summed E-state index contributed by atoms with van der Waals surface area (Å²) in [5.74, 6) is -18.2. The molecule has 0 atom stereocenters. The zero-order chi connectivity index (χ0) is 25.1. The van der Waals surface area contributed by atoms with E-state index in [2.05, 4.69) is 0 Å². The van der Waals surface area contributed by atoms with Crippen LogP contribution in [0.5, 0.6) is 11.5 Å². The van der Waals surface area contributed by atoms with Crippen LogP contribution < -0.4 is 4.13 Å². The monoisotopic (exact) mass is 533 g/mol. The van der Waals surface area contributed by atoms with E-state index in [1.165, 1.54) is 0 Å². The molecule has 10 nitrogen and oxygen atoms in total. The average molecular weight is 533 g/mol. The standard InChI is InChI=1S/C10H7F8NO9S3/c11-7(12,8(13,14)10(17,18)31(26,27)28)9(15,16)30(24,25)19-29(22,23)6-3-4(20)1-2-5(6)21/h1-3,19-21H,(H,26,27,28). The number of phenols is 2. The number of aromatic hydroxyl groups is 2. The fraction of sp³-hybridized carbons (Fsp3) is 0.400. The van der Waals surface area contributed by atoms with Crippen LogP contribution >= 0.6 is 0 Å². The van der Waals surface area contributed by atoms with Crippen LogP contribution in [0.3, 0.4) is 0 Å². The fourth-order valence-corrected chi connectivity index (χ4v) is 5.13. The molecule has 0 aliphatic heterocycles. The zero-order valence-electron chi connectivity index (χ0n) is 13.8. The average Bonchev–Trinajstić information content (AvgIpc) is 2.54. The lowest BCUT2D eigenvalue weighted by Gasteiger charge is -2.34. The molecule has 0 fully saturated rings. The van der Waals surface area contributed by atoms with Crippen LogP contribution in [0.1, 0.15) is 0 Å². The second kappa shape index (κ2) is 7.28. The predicted molar refractivity (Wildman–Crippen MR) is 80.3 cm³/mol. The van der Waals surface area contributed by atoms with Crippen molar-refractivity contribution in [3.63, 3.8) is 0 Å². The van der Waals surface area contributed by atoms with Gasteiger partial charge in [-0.2, -0.15) is 43.5 Å². The fourth-order valence-electron chi connectivity index (χ4n) is 1.66. The van der Waals surface area contributed by atoms with Gasteiger partial charge in [0.1, 0.15) is 16.4 Å². The van der Waals surface area contributed by atoms with Crippen molar-refractivity contribution in [2.75, 3.05) is 0 Å². The van der Waals surface area contributed by atoms with E-state index < -0.39 is 68.9 Å². The topological polar surface area (TPSA) is 175 Å². The summed E-state index contributed by atoms with van der Waals surface area (Å²) in [4.78, 5) is -1.76. The van der Waals surface area contributed by atoms with E-state index in [4.69, 9.17) is 9.66 Å². The Bertz CT molecular complexity index is 1200. The molecule has 4 N–H and O–H groups in total. The summed E-state index contributed by atoms with van der Waals surface area (Å²) < 4.78 is 182. The van der Waals surface area contributed by atoms with Crippen molar-refractivity contribution in [3.05, 3.63) is 18.2 Å². The molecular formula is C10H7F8NO9S3. The minimum Gasteiger partial charge on any atom is -0.508 e.